The molecule has 1 saturated carbocycles. The highest BCUT2D eigenvalue weighted by molar-refractivity contribution is 5.36. The molecule has 1 fully saturated rings. The maximum Gasteiger partial charge on any atom is 0.126 e. The van der Waals surface area contributed by atoms with Gasteiger partial charge in [-0.3, -0.25) is 0 Å². The van der Waals surface area contributed by atoms with E-state index in [1.54, 1.807) is 7.11 Å². The van der Waals surface area contributed by atoms with Crippen molar-refractivity contribution in [2.24, 2.45) is 5.92 Å². The molecule has 0 radical (unpaired) electrons. The lowest BCUT2D eigenvalue weighted by molar-refractivity contribution is 0.179. The van der Waals surface area contributed by atoms with E-state index >= 15 is 0 Å². The van der Waals surface area contributed by atoms with Gasteiger partial charge in [0.15, 0.2) is 0 Å². The Morgan fingerprint density at radius 2 is 2.33 bits per heavy atom. The summed E-state index contributed by atoms with van der Waals surface area (Å²) in [5.41, 5.74) is 1.05. The van der Waals surface area contributed by atoms with Gasteiger partial charge in [0.1, 0.15) is 5.82 Å². The second-order valence-electron chi connectivity index (χ2n) is 4.21. The van der Waals surface area contributed by atoms with Gasteiger partial charge >= 0.3 is 0 Å². The monoisotopic (exact) mass is 206 g/mol. The van der Waals surface area contributed by atoms with Crippen LogP contribution in [0.5, 0.6) is 0 Å². The number of anilines is 1. The van der Waals surface area contributed by atoms with Crippen molar-refractivity contribution < 1.29 is 4.74 Å². The Labute approximate surface area is 90.9 Å². The minimum absolute atomic E-state index is 0.421. The molecule has 0 saturated heterocycles. The van der Waals surface area contributed by atoms with Crippen LogP contribution in [0.3, 0.4) is 0 Å². The number of nitrogens with zero attached hydrogens (tertiary/aromatic N) is 1. The molecule has 0 bridgehead atoms. The molecular weight excluding hydrogens is 188 g/mol. The first-order valence-electron chi connectivity index (χ1n) is 5.48. The molecule has 1 N–H and O–H groups in total. The summed E-state index contributed by atoms with van der Waals surface area (Å²) in [6.45, 7) is 2.77. The molecule has 3 heteroatoms. The average molecular weight is 206 g/mol. The van der Waals surface area contributed by atoms with E-state index in [0.717, 1.165) is 24.0 Å². The number of aryl methyl sites for hydroxylation is 1. The van der Waals surface area contributed by atoms with Crippen LogP contribution in [-0.2, 0) is 4.74 Å². The number of rotatable bonds is 5. The number of hydrogen-bond acceptors (Lipinski definition) is 3. The lowest BCUT2D eigenvalue weighted by atomic mass is 10.2. The van der Waals surface area contributed by atoms with Gasteiger partial charge in [-0.15, -0.1) is 0 Å². The Balaban J connectivity index is 1.98. The Bertz CT molecular complexity index is 323. The molecule has 2 rings (SSSR count). The van der Waals surface area contributed by atoms with Crippen molar-refractivity contribution in [1.82, 2.24) is 4.98 Å². The predicted octanol–water partition coefficient (Wildman–Crippen LogP) is 2.23. The number of nitrogens with one attached hydrogen (secondary N) is 1. The largest absolute Gasteiger partial charge is 0.383 e. The lowest BCUT2D eigenvalue weighted by Crippen LogP contribution is -2.27. The molecule has 1 aliphatic rings. The molecule has 1 aromatic heterocycles. The molecule has 1 aliphatic carbocycles. The molecule has 1 aromatic rings. The van der Waals surface area contributed by atoms with E-state index in [1.165, 1.54) is 12.8 Å². The number of ether oxygens (including phenoxy) is 1. The lowest BCUT2D eigenvalue weighted by Gasteiger charge is -2.17. The summed E-state index contributed by atoms with van der Waals surface area (Å²) in [6.07, 6.45) is 2.62. The van der Waals surface area contributed by atoms with Crippen LogP contribution in [0.4, 0.5) is 5.82 Å². The first-order chi connectivity index (χ1) is 7.29. The van der Waals surface area contributed by atoms with E-state index < -0.39 is 0 Å². The van der Waals surface area contributed by atoms with Gasteiger partial charge in [0.05, 0.1) is 12.6 Å². The normalized spacial score (nSPS) is 17.5. The van der Waals surface area contributed by atoms with Gasteiger partial charge in [-0.05, 0) is 37.8 Å². The van der Waals surface area contributed by atoms with E-state index in [9.17, 15) is 0 Å². The average Bonchev–Trinajstić information content (AvgIpc) is 3.00. The molecule has 0 spiro atoms. The summed E-state index contributed by atoms with van der Waals surface area (Å²) in [4.78, 5) is 4.44. The van der Waals surface area contributed by atoms with Gasteiger partial charge in [-0.1, -0.05) is 6.07 Å². The van der Waals surface area contributed by atoms with E-state index in [4.69, 9.17) is 4.74 Å². The first kappa shape index (κ1) is 10.4. The number of methoxy groups -OCH3 is 1. The van der Waals surface area contributed by atoms with Crippen LogP contribution < -0.4 is 5.32 Å². The summed E-state index contributed by atoms with van der Waals surface area (Å²) < 4.78 is 5.22. The Morgan fingerprint density at radius 3 is 2.93 bits per heavy atom. The van der Waals surface area contributed by atoms with Crippen molar-refractivity contribution in [2.75, 3.05) is 19.0 Å². The SMILES string of the molecule is COCC(Nc1cccc(C)n1)C1CC1. The zero-order chi connectivity index (χ0) is 10.7. The van der Waals surface area contributed by atoms with Crippen molar-refractivity contribution in [2.45, 2.75) is 25.8 Å². The minimum atomic E-state index is 0.421. The van der Waals surface area contributed by atoms with Crippen LogP contribution in [0.1, 0.15) is 18.5 Å². The van der Waals surface area contributed by atoms with Crippen LogP contribution in [0, 0.1) is 12.8 Å². The zero-order valence-electron chi connectivity index (χ0n) is 9.36. The third-order valence-corrected chi connectivity index (χ3v) is 2.76. The smallest absolute Gasteiger partial charge is 0.126 e. The molecule has 1 unspecified atom stereocenters. The molecule has 0 aromatic carbocycles. The van der Waals surface area contributed by atoms with Crippen LogP contribution in [0.15, 0.2) is 18.2 Å². The van der Waals surface area contributed by atoms with Crippen LogP contribution >= 0.6 is 0 Å². The summed E-state index contributed by atoms with van der Waals surface area (Å²) in [6, 6.07) is 6.47. The van der Waals surface area contributed by atoms with Crippen LogP contribution in [0.2, 0.25) is 0 Å². The van der Waals surface area contributed by atoms with E-state index in [0.29, 0.717) is 6.04 Å². The molecule has 82 valence electrons. The fourth-order valence-corrected chi connectivity index (χ4v) is 1.79. The number of hydrogen-bond donors (Lipinski definition) is 1. The van der Waals surface area contributed by atoms with Gasteiger partial charge in [0.2, 0.25) is 0 Å². The second-order valence-corrected chi connectivity index (χ2v) is 4.21. The summed E-state index contributed by atoms with van der Waals surface area (Å²) >= 11 is 0. The molecule has 0 aliphatic heterocycles. The Kier molecular flexibility index (Phi) is 3.21. The van der Waals surface area contributed by atoms with E-state index in [-0.39, 0.29) is 0 Å². The maximum atomic E-state index is 5.22. The van der Waals surface area contributed by atoms with Gasteiger partial charge in [-0.2, -0.15) is 0 Å². The van der Waals surface area contributed by atoms with Crippen LogP contribution in [0.25, 0.3) is 0 Å². The fraction of sp³-hybridized carbons (Fsp3) is 0.583. The van der Waals surface area contributed by atoms with Crippen molar-refractivity contribution in [1.29, 1.82) is 0 Å². The molecule has 15 heavy (non-hydrogen) atoms. The van der Waals surface area contributed by atoms with Gasteiger partial charge in [-0.25, -0.2) is 4.98 Å². The summed E-state index contributed by atoms with van der Waals surface area (Å²) in [7, 11) is 1.75. The predicted molar refractivity (Wildman–Crippen MR) is 61.0 cm³/mol. The van der Waals surface area contributed by atoms with Crippen molar-refractivity contribution in [3.8, 4) is 0 Å². The summed E-state index contributed by atoms with van der Waals surface area (Å²) in [5.74, 6) is 1.73. The van der Waals surface area contributed by atoms with Crippen molar-refractivity contribution in [3.05, 3.63) is 23.9 Å². The maximum absolute atomic E-state index is 5.22. The van der Waals surface area contributed by atoms with E-state index in [1.807, 2.05) is 25.1 Å². The molecule has 3 nitrogen and oxygen atoms in total. The van der Waals surface area contributed by atoms with Gasteiger partial charge < -0.3 is 10.1 Å². The standard InChI is InChI=1S/C12H18N2O/c1-9-4-3-5-12(13-9)14-11(8-15-2)10-6-7-10/h3-5,10-11H,6-8H2,1-2H3,(H,13,14). The second kappa shape index (κ2) is 4.62. The highest BCUT2D eigenvalue weighted by Crippen LogP contribution is 2.34. The number of aromatic nitrogens is 1. The van der Waals surface area contributed by atoms with E-state index in [2.05, 4.69) is 10.3 Å². The number of pyridine rings is 1. The van der Waals surface area contributed by atoms with Crippen LogP contribution in [-0.4, -0.2) is 24.7 Å². The highest BCUT2D eigenvalue weighted by Gasteiger charge is 2.31. The van der Waals surface area contributed by atoms with Crippen molar-refractivity contribution in [3.63, 3.8) is 0 Å². The first-order valence-corrected chi connectivity index (χ1v) is 5.48. The fourth-order valence-electron chi connectivity index (χ4n) is 1.79. The molecule has 1 heterocycles. The molecule has 0 amide bonds. The topological polar surface area (TPSA) is 34.1 Å². The van der Waals surface area contributed by atoms with Crippen molar-refractivity contribution >= 4 is 5.82 Å². The van der Waals surface area contributed by atoms with Gasteiger partial charge in [0, 0.05) is 12.8 Å². The third-order valence-electron chi connectivity index (χ3n) is 2.76. The molecular formula is C12H18N2O. The van der Waals surface area contributed by atoms with Gasteiger partial charge in [0.25, 0.3) is 0 Å². The highest BCUT2D eigenvalue weighted by atomic mass is 16.5. The third kappa shape index (κ3) is 2.93. The minimum Gasteiger partial charge on any atom is -0.383 e. The quantitative estimate of drug-likeness (QED) is 0.802. The Hall–Kier alpha value is -1.09. The molecule has 1 atom stereocenters. The zero-order valence-corrected chi connectivity index (χ0v) is 9.36. The summed E-state index contributed by atoms with van der Waals surface area (Å²) in [5, 5.41) is 3.45. The Morgan fingerprint density at radius 1 is 1.53 bits per heavy atom.